The Morgan fingerprint density at radius 3 is 2.36 bits per heavy atom. The van der Waals surface area contributed by atoms with Gasteiger partial charge >= 0.3 is 0 Å². The molecule has 4 rings (SSSR count). The van der Waals surface area contributed by atoms with Crippen LogP contribution in [0.3, 0.4) is 0 Å². The highest BCUT2D eigenvalue weighted by molar-refractivity contribution is 6.35. The van der Waals surface area contributed by atoms with Crippen LogP contribution in [0.15, 0.2) is 72.8 Å². The van der Waals surface area contributed by atoms with Crippen molar-refractivity contribution in [1.82, 2.24) is 10.2 Å². The molecule has 1 aliphatic rings. The minimum Gasteiger partial charge on any atom is -0.394 e. The Hall–Kier alpha value is -2.86. The molecule has 2 N–H and O–H groups in total. The largest absolute Gasteiger partial charge is 0.394 e. The second-order valence-electron chi connectivity index (χ2n) is 9.41. The molecule has 1 aliphatic heterocycles. The molecule has 7 heteroatoms. The second kappa shape index (κ2) is 11.5. The molecule has 1 heterocycles. The molecule has 3 atom stereocenters. The summed E-state index contributed by atoms with van der Waals surface area (Å²) in [4.78, 5) is 29.4. The zero-order valence-electron chi connectivity index (χ0n) is 20.3. The molecule has 2 amide bonds. The highest BCUT2D eigenvalue weighted by Crippen LogP contribution is 2.46. The minimum absolute atomic E-state index is 0.0559. The van der Waals surface area contributed by atoms with E-state index in [2.05, 4.69) is 5.32 Å². The van der Waals surface area contributed by atoms with Gasteiger partial charge in [0.25, 0.3) is 5.91 Å². The Kier molecular flexibility index (Phi) is 8.35. The lowest BCUT2D eigenvalue weighted by molar-refractivity contribution is -0.124. The molecule has 5 nitrogen and oxygen atoms in total. The predicted molar refractivity (Wildman–Crippen MR) is 143 cm³/mol. The standard InChI is InChI=1S/C29H30Cl2N2O3/c1-18(2)25(17-34)33-27(23-13-12-20(30)16-24(23)31)26(21-10-6-7-11-22(21)29(33)36)28(35)32-15-14-19-8-4-3-5-9-19/h3-13,16,18,25-27,34H,14-15,17H2,1-2H3,(H,32,35)/t25-,26+,27-/m1/s1. The zero-order chi connectivity index (χ0) is 25.8. The van der Waals surface area contributed by atoms with Gasteiger partial charge in [-0.15, -0.1) is 0 Å². The molecule has 3 aromatic carbocycles. The van der Waals surface area contributed by atoms with Crippen LogP contribution in [0.25, 0.3) is 0 Å². The van der Waals surface area contributed by atoms with Crippen LogP contribution >= 0.6 is 23.2 Å². The average Bonchev–Trinajstić information content (AvgIpc) is 2.86. The number of fused-ring (bicyclic) bond motifs is 1. The molecule has 0 unspecified atom stereocenters. The maximum absolute atomic E-state index is 13.9. The van der Waals surface area contributed by atoms with E-state index in [1.54, 1.807) is 35.2 Å². The van der Waals surface area contributed by atoms with Gasteiger partial charge in [0, 0.05) is 22.2 Å². The fraction of sp³-hybridized carbons (Fsp3) is 0.310. The summed E-state index contributed by atoms with van der Waals surface area (Å²) < 4.78 is 0. The molecule has 0 aliphatic carbocycles. The van der Waals surface area contributed by atoms with Crippen molar-refractivity contribution in [3.8, 4) is 0 Å². The maximum atomic E-state index is 13.9. The molecule has 0 saturated carbocycles. The van der Waals surface area contributed by atoms with Gasteiger partial charge in [-0.1, -0.05) is 91.6 Å². The molecule has 0 radical (unpaired) electrons. The van der Waals surface area contributed by atoms with Crippen LogP contribution in [-0.2, 0) is 11.2 Å². The van der Waals surface area contributed by atoms with Crippen LogP contribution in [0.5, 0.6) is 0 Å². The number of benzene rings is 3. The number of nitrogens with one attached hydrogen (secondary N) is 1. The van der Waals surface area contributed by atoms with E-state index in [9.17, 15) is 14.7 Å². The Balaban J connectivity index is 1.80. The predicted octanol–water partition coefficient (Wildman–Crippen LogP) is 5.65. The van der Waals surface area contributed by atoms with Crippen LogP contribution < -0.4 is 5.32 Å². The van der Waals surface area contributed by atoms with Crippen molar-refractivity contribution < 1.29 is 14.7 Å². The van der Waals surface area contributed by atoms with Crippen LogP contribution in [0, 0.1) is 5.92 Å². The molecule has 3 aromatic rings. The van der Waals surface area contributed by atoms with Crippen LogP contribution in [-0.4, -0.2) is 41.0 Å². The van der Waals surface area contributed by atoms with E-state index in [1.807, 2.05) is 56.3 Å². The summed E-state index contributed by atoms with van der Waals surface area (Å²) in [7, 11) is 0. The molecule has 0 spiro atoms. The van der Waals surface area contributed by atoms with Gasteiger partial charge in [-0.25, -0.2) is 0 Å². The fourth-order valence-electron chi connectivity index (χ4n) is 4.98. The molecule has 0 saturated heterocycles. The number of aliphatic hydroxyl groups excluding tert-OH is 1. The topological polar surface area (TPSA) is 69.6 Å². The third-order valence-electron chi connectivity index (χ3n) is 6.81. The number of rotatable bonds is 8. The van der Waals surface area contributed by atoms with Gasteiger partial charge in [0.2, 0.25) is 5.91 Å². The van der Waals surface area contributed by atoms with Crippen LogP contribution in [0.2, 0.25) is 10.0 Å². The van der Waals surface area contributed by atoms with Gasteiger partial charge in [-0.2, -0.15) is 0 Å². The highest BCUT2D eigenvalue weighted by Gasteiger charge is 2.47. The number of amides is 2. The van der Waals surface area contributed by atoms with Crippen molar-refractivity contribution in [3.05, 3.63) is 105 Å². The number of carbonyl (C=O) groups is 2. The van der Waals surface area contributed by atoms with E-state index in [0.717, 1.165) is 5.56 Å². The molecule has 0 aromatic heterocycles. The van der Waals surface area contributed by atoms with E-state index in [1.165, 1.54) is 0 Å². The van der Waals surface area contributed by atoms with Crippen molar-refractivity contribution in [1.29, 1.82) is 0 Å². The normalized spacial score (nSPS) is 18.2. The number of aliphatic hydroxyl groups is 1. The summed E-state index contributed by atoms with van der Waals surface area (Å²) in [5, 5.41) is 14.3. The van der Waals surface area contributed by atoms with Gasteiger partial charge < -0.3 is 15.3 Å². The quantitative estimate of drug-likeness (QED) is 0.400. The molecule has 0 fully saturated rings. The van der Waals surface area contributed by atoms with E-state index in [4.69, 9.17) is 23.2 Å². The summed E-state index contributed by atoms with van der Waals surface area (Å²) >= 11 is 12.9. The number of hydrogen-bond donors (Lipinski definition) is 2. The summed E-state index contributed by atoms with van der Waals surface area (Å²) in [6.07, 6.45) is 0.682. The van der Waals surface area contributed by atoms with Gasteiger partial charge in [-0.3, -0.25) is 9.59 Å². The number of nitrogens with zero attached hydrogens (tertiary/aromatic N) is 1. The Morgan fingerprint density at radius 2 is 1.69 bits per heavy atom. The van der Waals surface area contributed by atoms with E-state index in [-0.39, 0.29) is 24.3 Å². The first-order valence-electron chi connectivity index (χ1n) is 12.1. The minimum atomic E-state index is -0.721. The number of halogens is 2. The van der Waals surface area contributed by atoms with Crippen molar-refractivity contribution in [2.75, 3.05) is 13.2 Å². The molecule has 188 valence electrons. The third-order valence-corrected chi connectivity index (χ3v) is 7.37. The van der Waals surface area contributed by atoms with Crippen molar-refractivity contribution in [2.45, 2.75) is 38.3 Å². The van der Waals surface area contributed by atoms with Gasteiger partial charge in [0.15, 0.2) is 0 Å². The summed E-state index contributed by atoms with van der Waals surface area (Å²) in [6, 6.07) is 21.0. The lowest BCUT2D eigenvalue weighted by atomic mass is 9.77. The monoisotopic (exact) mass is 524 g/mol. The van der Waals surface area contributed by atoms with Gasteiger partial charge in [-0.05, 0) is 47.2 Å². The SMILES string of the molecule is CC(C)[C@@H](CO)N1C(=O)c2ccccc2[C@H](C(=O)NCCc2ccccc2)[C@H]1c1ccc(Cl)cc1Cl. The lowest BCUT2D eigenvalue weighted by Gasteiger charge is -2.46. The Morgan fingerprint density at radius 1 is 1.00 bits per heavy atom. The third kappa shape index (κ3) is 5.29. The molecule has 0 bridgehead atoms. The molecule has 36 heavy (non-hydrogen) atoms. The fourth-order valence-corrected chi connectivity index (χ4v) is 5.50. The first-order chi connectivity index (χ1) is 17.3. The highest BCUT2D eigenvalue weighted by atomic mass is 35.5. The first-order valence-corrected chi connectivity index (χ1v) is 12.9. The number of hydrogen-bond acceptors (Lipinski definition) is 3. The van der Waals surface area contributed by atoms with Gasteiger partial charge in [0.05, 0.1) is 24.6 Å². The van der Waals surface area contributed by atoms with Crippen LogP contribution in [0.1, 0.15) is 52.9 Å². The Labute approximate surface area is 222 Å². The zero-order valence-corrected chi connectivity index (χ0v) is 21.8. The van der Waals surface area contributed by atoms with Gasteiger partial charge in [0.1, 0.15) is 0 Å². The summed E-state index contributed by atoms with van der Waals surface area (Å²) in [6.45, 7) is 4.11. The van der Waals surface area contributed by atoms with E-state index in [0.29, 0.717) is 39.7 Å². The maximum Gasteiger partial charge on any atom is 0.255 e. The van der Waals surface area contributed by atoms with Crippen molar-refractivity contribution >= 4 is 35.0 Å². The Bertz CT molecular complexity index is 1230. The molecular formula is C29H30Cl2N2O3. The average molecular weight is 525 g/mol. The van der Waals surface area contributed by atoms with E-state index < -0.39 is 18.0 Å². The number of carbonyl (C=O) groups excluding carboxylic acids is 2. The van der Waals surface area contributed by atoms with Crippen molar-refractivity contribution in [2.24, 2.45) is 5.92 Å². The smallest absolute Gasteiger partial charge is 0.255 e. The lowest BCUT2D eigenvalue weighted by Crippen LogP contribution is -2.54. The summed E-state index contributed by atoms with van der Waals surface area (Å²) in [5.74, 6) is -1.21. The second-order valence-corrected chi connectivity index (χ2v) is 10.3. The first kappa shape index (κ1) is 26.2. The van der Waals surface area contributed by atoms with Crippen molar-refractivity contribution in [3.63, 3.8) is 0 Å². The van der Waals surface area contributed by atoms with Crippen LogP contribution in [0.4, 0.5) is 0 Å². The molecular weight excluding hydrogens is 495 g/mol. The van der Waals surface area contributed by atoms with E-state index >= 15 is 0 Å². The summed E-state index contributed by atoms with van der Waals surface area (Å²) in [5.41, 5.74) is 2.84.